The second-order valence-corrected chi connectivity index (χ2v) is 10.2. The lowest BCUT2D eigenvalue weighted by atomic mass is 9.89. The normalized spacial score (nSPS) is 14.7. The van der Waals surface area contributed by atoms with Crippen LogP contribution in [0.4, 0.5) is 10.1 Å². The molecular formula is C29H32FN7. The summed E-state index contributed by atoms with van der Waals surface area (Å²) in [5.74, 6) is 0.281. The van der Waals surface area contributed by atoms with E-state index in [2.05, 4.69) is 60.0 Å². The Morgan fingerprint density at radius 1 is 0.973 bits per heavy atom. The van der Waals surface area contributed by atoms with Gasteiger partial charge in [0.25, 0.3) is 0 Å². The van der Waals surface area contributed by atoms with Gasteiger partial charge < -0.3 is 20.5 Å². The number of hydrogen-bond acceptors (Lipinski definition) is 5. The number of aromatic amines is 2. The molecule has 0 bridgehead atoms. The first-order valence-corrected chi connectivity index (χ1v) is 12.9. The number of pyridine rings is 1. The number of anilines is 1. The number of halogens is 1. The quantitative estimate of drug-likeness (QED) is 0.244. The van der Waals surface area contributed by atoms with Gasteiger partial charge in [0.05, 0.1) is 16.9 Å². The van der Waals surface area contributed by atoms with Crippen molar-refractivity contribution in [2.24, 2.45) is 0 Å². The molecule has 8 heteroatoms. The minimum absolute atomic E-state index is 0.289. The molecule has 0 amide bonds. The Bertz CT molecular complexity index is 1550. The second-order valence-electron chi connectivity index (χ2n) is 10.2. The zero-order chi connectivity index (χ0) is 25.4. The highest BCUT2D eigenvalue weighted by molar-refractivity contribution is 6.00. The summed E-state index contributed by atoms with van der Waals surface area (Å²) in [7, 11) is 4.03. The summed E-state index contributed by atoms with van der Waals surface area (Å²) >= 11 is 0. The van der Waals surface area contributed by atoms with Gasteiger partial charge in [-0.25, -0.2) is 4.39 Å². The maximum atomic E-state index is 14.6. The summed E-state index contributed by atoms with van der Waals surface area (Å²) in [4.78, 5) is 10.3. The summed E-state index contributed by atoms with van der Waals surface area (Å²) in [5.41, 5.74) is 7.35. The van der Waals surface area contributed by atoms with Crippen molar-refractivity contribution in [2.75, 3.05) is 45.6 Å². The number of rotatable bonds is 7. The van der Waals surface area contributed by atoms with Crippen molar-refractivity contribution in [3.63, 3.8) is 0 Å². The van der Waals surface area contributed by atoms with Gasteiger partial charge in [-0.15, -0.1) is 0 Å². The Balaban J connectivity index is 1.37. The van der Waals surface area contributed by atoms with E-state index in [4.69, 9.17) is 0 Å². The number of nitrogens with one attached hydrogen (secondary N) is 4. The molecule has 1 saturated heterocycles. The van der Waals surface area contributed by atoms with E-state index in [1.807, 2.05) is 26.2 Å². The fourth-order valence-electron chi connectivity index (χ4n) is 5.31. The van der Waals surface area contributed by atoms with Crippen LogP contribution >= 0.6 is 0 Å². The summed E-state index contributed by atoms with van der Waals surface area (Å²) in [6.07, 6.45) is 4.07. The minimum atomic E-state index is -0.289. The lowest BCUT2D eigenvalue weighted by molar-refractivity contribution is 0.425. The predicted octanol–water partition coefficient (Wildman–Crippen LogP) is 5.35. The highest BCUT2D eigenvalue weighted by Gasteiger charge is 2.19. The largest absolute Gasteiger partial charge is 0.384 e. The standard InChI is InChI=1S/C29H32FN7/c1-37(2)12-11-32-22-14-20(13-21(30)16-22)28-24-17-27(34-25(24)7-10-33-28)29-23-15-19(3-4-26(23)35-36-29)18-5-8-31-9-6-18/h3-4,7,10,13-18,31-32,34H,5-6,8-9,11-12H2,1-2H3,(H,35,36). The molecule has 0 spiro atoms. The van der Waals surface area contributed by atoms with Gasteiger partial charge >= 0.3 is 0 Å². The Kier molecular flexibility index (Phi) is 6.36. The summed E-state index contributed by atoms with van der Waals surface area (Å²) in [6.45, 7) is 3.71. The zero-order valence-corrected chi connectivity index (χ0v) is 21.2. The molecule has 3 aromatic heterocycles. The predicted molar refractivity (Wildman–Crippen MR) is 148 cm³/mol. The number of fused-ring (bicyclic) bond motifs is 2. The number of aromatic nitrogens is 4. The van der Waals surface area contributed by atoms with Crippen LogP contribution in [0.5, 0.6) is 0 Å². The molecule has 4 heterocycles. The van der Waals surface area contributed by atoms with E-state index in [0.717, 1.165) is 89.2 Å². The summed E-state index contributed by atoms with van der Waals surface area (Å²) in [5, 5.41) is 16.7. The molecule has 6 rings (SSSR count). The Morgan fingerprint density at radius 2 is 1.81 bits per heavy atom. The van der Waals surface area contributed by atoms with Crippen LogP contribution in [0.3, 0.4) is 0 Å². The van der Waals surface area contributed by atoms with Crippen LogP contribution in [0.1, 0.15) is 24.3 Å². The SMILES string of the molecule is CN(C)CCNc1cc(F)cc(-c2nccc3[nH]c(-c4n[nH]c5ccc(C6CCNCC6)cc45)cc23)c1. The molecule has 0 radical (unpaired) electrons. The molecule has 1 aliphatic rings. The average molecular weight is 498 g/mol. The first kappa shape index (κ1) is 23.6. The molecule has 1 aliphatic heterocycles. The topological polar surface area (TPSA) is 84.7 Å². The van der Waals surface area contributed by atoms with E-state index in [-0.39, 0.29) is 5.82 Å². The van der Waals surface area contributed by atoms with Gasteiger partial charge in [-0.3, -0.25) is 10.1 Å². The molecule has 37 heavy (non-hydrogen) atoms. The van der Waals surface area contributed by atoms with Gasteiger partial charge in [0.1, 0.15) is 11.5 Å². The van der Waals surface area contributed by atoms with Crippen molar-refractivity contribution < 1.29 is 4.39 Å². The van der Waals surface area contributed by atoms with Crippen molar-refractivity contribution >= 4 is 27.5 Å². The third-order valence-corrected chi connectivity index (χ3v) is 7.26. The third kappa shape index (κ3) is 4.82. The van der Waals surface area contributed by atoms with E-state index in [1.54, 1.807) is 12.3 Å². The Hall–Kier alpha value is -3.75. The van der Waals surface area contributed by atoms with Crippen molar-refractivity contribution in [1.29, 1.82) is 0 Å². The van der Waals surface area contributed by atoms with Crippen LogP contribution in [0.15, 0.2) is 54.7 Å². The van der Waals surface area contributed by atoms with E-state index in [1.165, 1.54) is 11.6 Å². The number of piperidine rings is 1. The number of benzene rings is 2. The molecule has 5 aromatic rings. The maximum absolute atomic E-state index is 14.6. The molecule has 1 fully saturated rings. The molecule has 0 atom stereocenters. The van der Waals surface area contributed by atoms with Crippen LogP contribution in [-0.4, -0.2) is 65.3 Å². The lowest BCUT2D eigenvalue weighted by Gasteiger charge is -2.23. The number of nitrogens with zero attached hydrogens (tertiary/aromatic N) is 3. The molecule has 190 valence electrons. The number of H-pyrrole nitrogens is 2. The average Bonchev–Trinajstić information content (AvgIpc) is 3.52. The zero-order valence-electron chi connectivity index (χ0n) is 21.2. The van der Waals surface area contributed by atoms with E-state index >= 15 is 0 Å². The van der Waals surface area contributed by atoms with Crippen molar-refractivity contribution in [3.05, 3.63) is 66.1 Å². The van der Waals surface area contributed by atoms with Gasteiger partial charge in [-0.05, 0) is 94.0 Å². The van der Waals surface area contributed by atoms with Crippen molar-refractivity contribution in [2.45, 2.75) is 18.8 Å². The fourth-order valence-corrected chi connectivity index (χ4v) is 5.31. The third-order valence-electron chi connectivity index (χ3n) is 7.26. The highest BCUT2D eigenvalue weighted by atomic mass is 19.1. The van der Waals surface area contributed by atoms with Gasteiger partial charge in [-0.1, -0.05) is 6.07 Å². The number of hydrogen-bond donors (Lipinski definition) is 4. The Labute approximate surface area is 215 Å². The first-order chi connectivity index (χ1) is 18.0. The van der Waals surface area contributed by atoms with Crippen LogP contribution in [0.25, 0.3) is 44.5 Å². The number of likely N-dealkylation sites (N-methyl/N-ethyl adjacent to an activating group) is 1. The van der Waals surface area contributed by atoms with Gasteiger partial charge in [0.2, 0.25) is 0 Å². The summed E-state index contributed by atoms with van der Waals surface area (Å²) in [6, 6.07) is 15.7. The lowest BCUT2D eigenvalue weighted by Crippen LogP contribution is -2.26. The van der Waals surface area contributed by atoms with Crippen molar-refractivity contribution in [3.8, 4) is 22.6 Å². The second kappa shape index (κ2) is 9.95. The fraction of sp³-hybridized carbons (Fsp3) is 0.310. The van der Waals surface area contributed by atoms with Crippen LogP contribution in [0.2, 0.25) is 0 Å². The van der Waals surface area contributed by atoms with E-state index in [9.17, 15) is 4.39 Å². The smallest absolute Gasteiger partial charge is 0.125 e. The van der Waals surface area contributed by atoms with Crippen LogP contribution in [0, 0.1) is 5.82 Å². The maximum Gasteiger partial charge on any atom is 0.125 e. The van der Waals surface area contributed by atoms with Gasteiger partial charge in [0.15, 0.2) is 0 Å². The van der Waals surface area contributed by atoms with Crippen molar-refractivity contribution in [1.82, 2.24) is 30.4 Å². The first-order valence-electron chi connectivity index (χ1n) is 12.9. The molecule has 0 unspecified atom stereocenters. The molecule has 4 N–H and O–H groups in total. The molecule has 7 nitrogen and oxygen atoms in total. The van der Waals surface area contributed by atoms with E-state index in [0.29, 0.717) is 5.92 Å². The Morgan fingerprint density at radius 3 is 2.65 bits per heavy atom. The highest BCUT2D eigenvalue weighted by Crippen LogP contribution is 2.35. The van der Waals surface area contributed by atoms with Crippen LogP contribution < -0.4 is 10.6 Å². The molecule has 0 saturated carbocycles. The van der Waals surface area contributed by atoms with E-state index < -0.39 is 0 Å². The van der Waals surface area contributed by atoms with Gasteiger partial charge in [0, 0.05) is 46.8 Å². The van der Waals surface area contributed by atoms with Crippen LogP contribution in [-0.2, 0) is 0 Å². The molecule has 2 aromatic carbocycles. The molecule has 0 aliphatic carbocycles. The molecular weight excluding hydrogens is 465 g/mol. The van der Waals surface area contributed by atoms with Gasteiger partial charge in [-0.2, -0.15) is 5.10 Å². The monoisotopic (exact) mass is 497 g/mol. The minimum Gasteiger partial charge on any atom is -0.384 e. The summed E-state index contributed by atoms with van der Waals surface area (Å²) < 4.78 is 14.6.